The molecule has 5 heteroatoms. The molecule has 0 spiro atoms. The smallest absolute Gasteiger partial charge is 0.234 e. The van der Waals surface area contributed by atoms with Gasteiger partial charge in [-0.05, 0) is 31.5 Å². The minimum absolute atomic E-state index is 0.178. The van der Waals surface area contributed by atoms with Gasteiger partial charge in [-0.15, -0.1) is 0 Å². The van der Waals surface area contributed by atoms with Gasteiger partial charge in [-0.25, -0.2) is 4.98 Å². The summed E-state index contributed by atoms with van der Waals surface area (Å²) in [4.78, 5) is 18.7. The number of likely N-dealkylation sites (tertiary alicyclic amines) is 1. The fourth-order valence-electron chi connectivity index (χ4n) is 3.55. The quantitative estimate of drug-likeness (QED) is 0.803. The zero-order valence-electron chi connectivity index (χ0n) is 13.4. The van der Waals surface area contributed by atoms with Crippen molar-refractivity contribution in [2.75, 3.05) is 6.54 Å². The minimum Gasteiger partial charge on any atom is -0.368 e. The van der Waals surface area contributed by atoms with Gasteiger partial charge < -0.3 is 10.1 Å². The molecule has 122 valence electrons. The summed E-state index contributed by atoms with van der Waals surface area (Å²) in [7, 11) is 0. The van der Waals surface area contributed by atoms with Gasteiger partial charge in [0.25, 0.3) is 0 Å². The van der Waals surface area contributed by atoms with E-state index in [1.165, 1.54) is 0 Å². The Balaban J connectivity index is 1.80. The van der Waals surface area contributed by atoms with Gasteiger partial charge in [0.05, 0.1) is 17.4 Å². The average molecular weight is 320 g/mol. The monoisotopic (exact) mass is 320 g/mol. The summed E-state index contributed by atoms with van der Waals surface area (Å²) in [6.07, 6.45) is 3.87. The molecule has 2 aromatic heterocycles. The number of imidazole rings is 1. The Bertz CT molecular complexity index is 871. The van der Waals surface area contributed by atoms with Crippen molar-refractivity contribution in [3.8, 4) is 11.3 Å². The van der Waals surface area contributed by atoms with Crippen LogP contribution in [0.5, 0.6) is 0 Å². The molecule has 0 radical (unpaired) electrons. The average Bonchev–Trinajstić information content (AvgIpc) is 3.21. The lowest BCUT2D eigenvalue weighted by atomic mass is 10.1. The second-order valence-electron chi connectivity index (χ2n) is 6.23. The second-order valence-corrected chi connectivity index (χ2v) is 6.23. The van der Waals surface area contributed by atoms with Gasteiger partial charge in [0.15, 0.2) is 0 Å². The Labute approximate surface area is 140 Å². The molecule has 3 heterocycles. The third-order valence-electron chi connectivity index (χ3n) is 4.72. The predicted octanol–water partition coefficient (Wildman–Crippen LogP) is 2.45. The zero-order chi connectivity index (χ0) is 16.5. The second kappa shape index (κ2) is 6.09. The Morgan fingerprint density at radius 1 is 1.17 bits per heavy atom. The zero-order valence-corrected chi connectivity index (χ0v) is 13.4. The molecule has 1 amide bonds. The first-order valence-corrected chi connectivity index (χ1v) is 8.29. The molecule has 1 aromatic carbocycles. The number of hydrogen-bond donors (Lipinski definition) is 1. The van der Waals surface area contributed by atoms with Gasteiger partial charge in [-0.2, -0.15) is 0 Å². The molecule has 3 aromatic rings. The highest BCUT2D eigenvalue weighted by atomic mass is 16.1. The number of carbonyl (C=O) groups is 1. The SMILES string of the molecule is NC(=O)C1CCCN1Cc1c(-c2ccccc2)nc2ccccn12. The minimum atomic E-state index is -0.234. The van der Waals surface area contributed by atoms with Crippen molar-refractivity contribution in [2.24, 2.45) is 5.73 Å². The molecule has 0 bridgehead atoms. The summed E-state index contributed by atoms with van der Waals surface area (Å²) in [5, 5.41) is 0. The van der Waals surface area contributed by atoms with E-state index in [2.05, 4.69) is 21.4 Å². The van der Waals surface area contributed by atoms with E-state index in [4.69, 9.17) is 10.7 Å². The first kappa shape index (κ1) is 14.9. The summed E-state index contributed by atoms with van der Waals surface area (Å²) in [5.74, 6) is -0.234. The topological polar surface area (TPSA) is 63.6 Å². The van der Waals surface area contributed by atoms with Crippen LogP contribution >= 0.6 is 0 Å². The fourth-order valence-corrected chi connectivity index (χ4v) is 3.55. The van der Waals surface area contributed by atoms with E-state index in [1.807, 2.05) is 42.6 Å². The van der Waals surface area contributed by atoms with Gasteiger partial charge in [0, 0.05) is 18.3 Å². The highest BCUT2D eigenvalue weighted by molar-refractivity contribution is 5.80. The number of hydrogen-bond acceptors (Lipinski definition) is 3. The van der Waals surface area contributed by atoms with E-state index in [1.54, 1.807) is 0 Å². The maximum absolute atomic E-state index is 11.7. The number of nitrogens with zero attached hydrogens (tertiary/aromatic N) is 3. The molecule has 1 saturated heterocycles. The molecule has 5 nitrogen and oxygen atoms in total. The van der Waals surface area contributed by atoms with Crippen LogP contribution in [-0.4, -0.2) is 32.8 Å². The van der Waals surface area contributed by atoms with Crippen LogP contribution in [0.2, 0.25) is 0 Å². The summed E-state index contributed by atoms with van der Waals surface area (Å²) in [6, 6.07) is 16.0. The molecule has 1 atom stereocenters. The number of carbonyl (C=O) groups excluding carboxylic acids is 1. The Morgan fingerprint density at radius 3 is 2.75 bits per heavy atom. The number of aromatic nitrogens is 2. The lowest BCUT2D eigenvalue weighted by molar-refractivity contribution is -0.122. The molecule has 24 heavy (non-hydrogen) atoms. The number of amides is 1. The number of rotatable bonds is 4. The predicted molar refractivity (Wildman–Crippen MR) is 93.3 cm³/mol. The van der Waals surface area contributed by atoms with Gasteiger partial charge in [0.2, 0.25) is 5.91 Å². The molecule has 2 N–H and O–H groups in total. The van der Waals surface area contributed by atoms with Crippen LogP contribution in [0, 0.1) is 0 Å². The van der Waals surface area contributed by atoms with Crippen molar-refractivity contribution in [1.82, 2.24) is 14.3 Å². The van der Waals surface area contributed by atoms with Crippen LogP contribution in [0.4, 0.5) is 0 Å². The normalized spacial score (nSPS) is 18.2. The molecule has 0 aliphatic carbocycles. The van der Waals surface area contributed by atoms with E-state index in [-0.39, 0.29) is 11.9 Å². The standard InChI is InChI=1S/C19H20N4O/c20-19(24)15-9-6-11-22(15)13-16-18(14-7-2-1-3-8-14)21-17-10-4-5-12-23(16)17/h1-5,7-8,10,12,15H,6,9,11,13H2,(H2,20,24). The van der Waals surface area contributed by atoms with Gasteiger partial charge in [0.1, 0.15) is 5.65 Å². The van der Waals surface area contributed by atoms with Crippen LogP contribution in [0.25, 0.3) is 16.9 Å². The Kier molecular flexibility index (Phi) is 3.78. The lowest BCUT2D eigenvalue weighted by Gasteiger charge is -2.22. The van der Waals surface area contributed by atoms with E-state index in [9.17, 15) is 4.79 Å². The molecule has 1 aliphatic heterocycles. The maximum atomic E-state index is 11.7. The molecule has 1 aliphatic rings. The summed E-state index contributed by atoms with van der Waals surface area (Å²) in [5.41, 5.74) is 9.65. The summed E-state index contributed by atoms with van der Waals surface area (Å²) in [6.45, 7) is 1.56. The molecular formula is C19H20N4O. The van der Waals surface area contributed by atoms with Crippen LogP contribution < -0.4 is 5.73 Å². The van der Waals surface area contributed by atoms with Crippen molar-refractivity contribution in [3.05, 3.63) is 60.4 Å². The van der Waals surface area contributed by atoms with Gasteiger partial charge in [-0.1, -0.05) is 36.4 Å². The molecule has 1 fully saturated rings. The van der Waals surface area contributed by atoms with Crippen molar-refractivity contribution in [1.29, 1.82) is 0 Å². The van der Waals surface area contributed by atoms with Crippen molar-refractivity contribution < 1.29 is 4.79 Å². The third kappa shape index (κ3) is 2.57. The first-order valence-electron chi connectivity index (χ1n) is 8.29. The van der Waals surface area contributed by atoms with Crippen LogP contribution in [0.1, 0.15) is 18.5 Å². The van der Waals surface area contributed by atoms with E-state index in [0.717, 1.165) is 42.0 Å². The third-order valence-corrected chi connectivity index (χ3v) is 4.72. The number of pyridine rings is 1. The number of benzene rings is 1. The van der Waals surface area contributed by atoms with Crippen LogP contribution in [0.15, 0.2) is 54.7 Å². The number of fused-ring (bicyclic) bond motifs is 1. The molecular weight excluding hydrogens is 300 g/mol. The van der Waals surface area contributed by atoms with E-state index < -0.39 is 0 Å². The Hall–Kier alpha value is -2.66. The van der Waals surface area contributed by atoms with E-state index >= 15 is 0 Å². The lowest BCUT2D eigenvalue weighted by Crippen LogP contribution is -2.40. The highest BCUT2D eigenvalue weighted by Gasteiger charge is 2.30. The molecule has 4 rings (SSSR count). The van der Waals surface area contributed by atoms with Crippen molar-refractivity contribution in [3.63, 3.8) is 0 Å². The summed E-state index contributed by atoms with van der Waals surface area (Å²) < 4.78 is 2.11. The number of primary amides is 1. The van der Waals surface area contributed by atoms with Gasteiger partial charge in [-0.3, -0.25) is 9.69 Å². The van der Waals surface area contributed by atoms with Crippen molar-refractivity contribution >= 4 is 11.6 Å². The van der Waals surface area contributed by atoms with E-state index in [0.29, 0.717) is 6.54 Å². The van der Waals surface area contributed by atoms with Crippen LogP contribution in [0.3, 0.4) is 0 Å². The largest absolute Gasteiger partial charge is 0.368 e. The number of nitrogens with two attached hydrogens (primary N) is 1. The van der Waals surface area contributed by atoms with Crippen molar-refractivity contribution in [2.45, 2.75) is 25.4 Å². The fraction of sp³-hybridized carbons (Fsp3) is 0.263. The van der Waals surface area contributed by atoms with Crippen LogP contribution in [-0.2, 0) is 11.3 Å². The summed E-state index contributed by atoms with van der Waals surface area (Å²) >= 11 is 0. The first-order chi connectivity index (χ1) is 11.7. The molecule has 1 unspecified atom stereocenters. The maximum Gasteiger partial charge on any atom is 0.234 e. The highest BCUT2D eigenvalue weighted by Crippen LogP contribution is 2.28. The Morgan fingerprint density at radius 2 is 1.96 bits per heavy atom. The molecule has 0 saturated carbocycles. The van der Waals surface area contributed by atoms with Gasteiger partial charge >= 0.3 is 0 Å².